The van der Waals surface area contributed by atoms with Crippen molar-refractivity contribution in [2.75, 3.05) is 6.54 Å². The van der Waals surface area contributed by atoms with E-state index in [4.69, 9.17) is 5.73 Å². The first kappa shape index (κ1) is 16.8. The van der Waals surface area contributed by atoms with Gasteiger partial charge in [-0.3, -0.25) is 4.79 Å². The van der Waals surface area contributed by atoms with Crippen LogP contribution in [-0.4, -0.2) is 18.5 Å². The number of hydrogen-bond donors (Lipinski definition) is 2. The second-order valence-corrected chi connectivity index (χ2v) is 7.93. The summed E-state index contributed by atoms with van der Waals surface area (Å²) in [5.74, 6) is 1.69. The second-order valence-electron chi connectivity index (χ2n) is 7.93. The number of hydrogen-bond acceptors (Lipinski definition) is 2. The quantitative estimate of drug-likeness (QED) is 0.815. The molecule has 1 amide bonds. The number of amides is 1. The third kappa shape index (κ3) is 4.00. The van der Waals surface area contributed by atoms with Gasteiger partial charge in [0.1, 0.15) is 0 Å². The molecule has 0 aromatic rings. The average Bonchev–Trinajstić information content (AvgIpc) is 2.96. The van der Waals surface area contributed by atoms with Crippen molar-refractivity contribution in [2.45, 2.75) is 78.2 Å². The summed E-state index contributed by atoms with van der Waals surface area (Å²) >= 11 is 0. The number of carbonyl (C=O) groups excluding carboxylic acids is 1. The first-order chi connectivity index (χ1) is 9.97. The van der Waals surface area contributed by atoms with Crippen LogP contribution in [0, 0.1) is 23.2 Å². The Morgan fingerprint density at radius 2 is 1.81 bits per heavy atom. The Hall–Kier alpha value is -0.570. The second kappa shape index (κ2) is 7.13. The maximum absolute atomic E-state index is 12.5. The minimum absolute atomic E-state index is 0.180. The standard InChI is InChI=1S/C18H34N2O/c1-4-18(2,3)14-8-10-15(11-9-14)20-17(21)16-7-5-6-13(16)12-19/h13-16H,4-12,19H2,1-3H3,(H,20,21). The van der Waals surface area contributed by atoms with Crippen LogP contribution in [0.25, 0.3) is 0 Å². The summed E-state index contributed by atoms with van der Waals surface area (Å²) in [6.45, 7) is 7.73. The summed E-state index contributed by atoms with van der Waals surface area (Å²) in [7, 11) is 0. The van der Waals surface area contributed by atoms with E-state index in [0.717, 1.165) is 38.0 Å². The Morgan fingerprint density at radius 1 is 1.14 bits per heavy atom. The predicted octanol–water partition coefficient (Wildman–Crippen LogP) is 3.47. The van der Waals surface area contributed by atoms with Gasteiger partial charge in [0.15, 0.2) is 0 Å². The largest absolute Gasteiger partial charge is 0.353 e. The Kier molecular flexibility index (Phi) is 5.70. The number of nitrogens with one attached hydrogen (secondary N) is 1. The lowest BCUT2D eigenvalue weighted by Crippen LogP contribution is -2.43. The van der Waals surface area contributed by atoms with Gasteiger partial charge in [0.25, 0.3) is 0 Å². The Bertz CT molecular complexity index is 345. The van der Waals surface area contributed by atoms with E-state index < -0.39 is 0 Å². The van der Waals surface area contributed by atoms with Gasteiger partial charge in [-0.15, -0.1) is 0 Å². The van der Waals surface area contributed by atoms with Gasteiger partial charge in [-0.05, 0) is 62.3 Å². The van der Waals surface area contributed by atoms with Crippen LogP contribution in [0.2, 0.25) is 0 Å². The van der Waals surface area contributed by atoms with E-state index in [1.807, 2.05) is 0 Å². The molecule has 0 spiro atoms. The van der Waals surface area contributed by atoms with Gasteiger partial charge in [0.2, 0.25) is 5.91 Å². The van der Waals surface area contributed by atoms with Crippen LogP contribution >= 0.6 is 0 Å². The smallest absolute Gasteiger partial charge is 0.223 e. The highest BCUT2D eigenvalue weighted by atomic mass is 16.2. The van der Waals surface area contributed by atoms with Crippen molar-refractivity contribution in [2.24, 2.45) is 28.9 Å². The molecule has 122 valence electrons. The van der Waals surface area contributed by atoms with Crippen molar-refractivity contribution in [1.29, 1.82) is 0 Å². The van der Waals surface area contributed by atoms with Crippen LogP contribution in [0.3, 0.4) is 0 Å². The molecule has 3 N–H and O–H groups in total. The molecule has 2 aliphatic rings. The molecule has 2 aliphatic carbocycles. The van der Waals surface area contributed by atoms with E-state index in [0.29, 0.717) is 23.9 Å². The Labute approximate surface area is 130 Å². The van der Waals surface area contributed by atoms with Crippen LogP contribution in [-0.2, 0) is 4.79 Å². The van der Waals surface area contributed by atoms with Gasteiger partial charge < -0.3 is 11.1 Å². The van der Waals surface area contributed by atoms with Crippen LogP contribution < -0.4 is 11.1 Å². The average molecular weight is 294 g/mol. The molecule has 0 heterocycles. The molecule has 3 heteroatoms. The Balaban J connectivity index is 1.79. The van der Waals surface area contributed by atoms with E-state index in [9.17, 15) is 4.79 Å². The molecule has 2 fully saturated rings. The van der Waals surface area contributed by atoms with Crippen LogP contribution in [0.1, 0.15) is 72.1 Å². The van der Waals surface area contributed by atoms with E-state index in [2.05, 4.69) is 26.1 Å². The summed E-state index contributed by atoms with van der Waals surface area (Å²) in [5, 5.41) is 3.32. The highest BCUT2D eigenvalue weighted by molar-refractivity contribution is 5.79. The van der Waals surface area contributed by atoms with Crippen molar-refractivity contribution < 1.29 is 4.79 Å². The number of carbonyl (C=O) groups is 1. The highest BCUT2D eigenvalue weighted by Gasteiger charge is 2.35. The van der Waals surface area contributed by atoms with Crippen LogP contribution in [0.15, 0.2) is 0 Å². The van der Waals surface area contributed by atoms with Crippen molar-refractivity contribution in [3.8, 4) is 0 Å². The molecule has 0 saturated heterocycles. The van der Waals surface area contributed by atoms with E-state index in [1.54, 1.807) is 0 Å². The summed E-state index contributed by atoms with van der Waals surface area (Å²) < 4.78 is 0. The molecule has 2 saturated carbocycles. The van der Waals surface area contributed by atoms with Crippen LogP contribution in [0.5, 0.6) is 0 Å². The molecule has 21 heavy (non-hydrogen) atoms. The zero-order chi connectivity index (χ0) is 15.5. The maximum Gasteiger partial charge on any atom is 0.223 e. The van der Waals surface area contributed by atoms with Crippen molar-refractivity contribution >= 4 is 5.91 Å². The van der Waals surface area contributed by atoms with Gasteiger partial charge >= 0.3 is 0 Å². The monoisotopic (exact) mass is 294 g/mol. The van der Waals surface area contributed by atoms with Gasteiger partial charge in [-0.2, -0.15) is 0 Å². The Morgan fingerprint density at radius 3 is 2.38 bits per heavy atom. The molecule has 2 unspecified atom stereocenters. The number of nitrogens with two attached hydrogens (primary N) is 1. The van der Waals surface area contributed by atoms with E-state index in [1.165, 1.54) is 19.3 Å². The molecule has 0 aromatic carbocycles. The third-order valence-electron chi connectivity index (χ3n) is 6.39. The summed E-state index contributed by atoms with van der Waals surface area (Å²) in [6.07, 6.45) is 9.40. The predicted molar refractivity (Wildman–Crippen MR) is 87.8 cm³/mol. The fraction of sp³-hybridized carbons (Fsp3) is 0.944. The molecular formula is C18H34N2O. The van der Waals surface area contributed by atoms with Gasteiger partial charge in [0, 0.05) is 12.0 Å². The normalized spacial score (nSPS) is 33.9. The third-order valence-corrected chi connectivity index (χ3v) is 6.39. The SMILES string of the molecule is CCC(C)(C)C1CCC(NC(=O)C2CCCC2CN)CC1. The van der Waals surface area contributed by atoms with Crippen molar-refractivity contribution in [3.63, 3.8) is 0 Å². The van der Waals surface area contributed by atoms with E-state index >= 15 is 0 Å². The number of rotatable bonds is 5. The topological polar surface area (TPSA) is 55.1 Å². The molecule has 2 atom stereocenters. The molecule has 0 aliphatic heterocycles. The summed E-state index contributed by atoms with van der Waals surface area (Å²) in [6, 6.07) is 0.403. The van der Waals surface area contributed by atoms with Crippen molar-refractivity contribution in [3.05, 3.63) is 0 Å². The first-order valence-corrected chi connectivity index (χ1v) is 8.98. The molecule has 0 bridgehead atoms. The lowest BCUT2D eigenvalue weighted by molar-refractivity contribution is -0.127. The van der Waals surface area contributed by atoms with Gasteiger partial charge in [-0.1, -0.05) is 33.6 Å². The van der Waals surface area contributed by atoms with Crippen molar-refractivity contribution in [1.82, 2.24) is 5.32 Å². The maximum atomic E-state index is 12.5. The zero-order valence-corrected chi connectivity index (χ0v) is 14.2. The molecule has 2 rings (SSSR count). The van der Waals surface area contributed by atoms with Gasteiger partial charge in [0.05, 0.1) is 0 Å². The van der Waals surface area contributed by atoms with E-state index in [-0.39, 0.29) is 11.8 Å². The van der Waals surface area contributed by atoms with Crippen LogP contribution in [0.4, 0.5) is 0 Å². The first-order valence-electron chi connectivity index (χ1n) is 8.98. The fourth-order valence-corrected chi connectivity index (χ4v) is 4.28. The summed E-state index contributed by atoms with van der Waals surface area (Å²) in [5.41, 5.74) is 6.25. The highest BCUT2D eigenvalue weighted by Crippen LogP contribution is 2.40. The zero-order valence-electron chi connectivity index (χ0n) is 14.2. The summed E-state index contributed by atoms with van der Waals surface area (Å²) in [4.78, 5) is 12.5. The molecule has 0 radical (unpaired) electrons. The van der Waals surface area contributed by atoms with Gasteiger partial charge in [-0.25, -0.2) is 0 Å². The minimum Gasteiger partial charge on any atom is -0.353 e. The lowest BCUT2D eigenvalue weighted by Gasteiger charge is -2.39. The molecule has 0 aromatic heterocycles. The lowest BCUT2D eigenvalue weighted by atomic mass is 9.69. The molecular weight excluding hydrogens is 260 g/mol. The molecule has 3 nitrogen and oxygen atoms in total. The fourth-order valence-electron chi connectivity index (χ4n) is 4.28. The minimum atomic E-state index is 0.180.